The molecule has 0 aliphatic carbocycles. The van der Waals surface area contributed by atoms with Crippen LogP contribution in [0.3, 0.4) is 0 Å². The van der Waals surface area contributed by atoms with Crippen LogP contribution in [0.15, 0.2) is 97.1 Å². The van der Waals surface area contributed by atoms with Gasteiger partial charge in [0.15, 0.2) is 19.8 Å². The molecule has 74 heavy (non-hydrogen) atoms. The van der Waals surface area contributed by atoms with Gasteiger partial charge in [0.25, 0.3) is 0 Å². The molecule has 7 rings (SSSR count). The highest BCUT2D eigenvalue weighted by atomic mass is 16.5. The predicted molar refractivity (Wildman–Crippen MR) is 281 cm³/mol. The third-order valence-corrected chi connectivity index (χ3v) is 13.6. The SMILES string of the molecule is Cc1cc(C(c2cc(C)c(O)cc2C)c2cc(Cc3cc(C)c(OCC(=O)O)c(Cc4ccc(OCC(=O)O)c(C(c5cc(C)c(O)cc5C)c5cc(C)c(O)cc5C)c4)c3)ccc2OCC(=O)O)c(C)cc1O. The van der Waals surface area contributed by atoms with Crippen LogP contribution in [-0.4, -0.2) is 73.5 Å². The molecule has 13 heteroatoms. The van der Waals surface area contributed by atoms with Gasteiger partial charge in [-0.2, -0.15) is 0 Å². The van der Waals surface area contributed by atoms with Crippen LogP contribution in [0.2, 0.25) is 0 Å². The highest BCUT2D eigenvalue weighted by Gasteiger charge is 2.29. The van der Waals surface area contributed by atoms with Crippen molar-refractivity contribution in [3.63, 3.8) is 0 Å². The molecule has 0 aliphatic heterocycles. The van der Waals surface area contributed by atoms with Crippen molar-refractivity contribution >= 4 is 17.9 Å². The molecule has 384 valence electrons. The smallest absolute Gasteiger partial charge is 0.341 e. The summed E-state index contributed by atoms with van der Waals surface area (Å²) in [6.45, 7) is 14.8. The largest absolute Gasteiger partial charge is 0.508 e. The molecule has 0 heterocycles. The van der Waals surface area contributed by atoms with E-state index in [-0.39, 0.29) is 29.4 Å². The molecule has 0 saturated heterocycles. The molecule has 13 nitrogen and oxygen atoms in total. The van der Waals surface area contributed by atoms with Crippen molar-refractivity contribution in [1.82, 2.24) is 0 Å². The Morgan fingerprint density at radius 1 is 0.365 bits per heavy atom. The zero-order valence-corrected chi connectivity index (χ0v) is 43.0. The average Bonchev–Trinajstić information content (AvgIpc) is 3.32. The van der Waals surface area contributed by atoms with Crippen molar-refractivity contribution in [1.29, 1.82) is 0 Å². The van der Waals surface area contributed by atoms with Gasteiger partial charge >= 0.3 is 17.9 Å². The lowest BCUT2D eigenvalue weighted by molar-refractivity contribution is -0.140. The van der Waals surface area contributed by atoms with E-state index < -0.39 is 49.6 Å². The summed E-state index contributed by atoms with van der Waals surface area (Å²) >= 11 is 0. The fourth-order valence-corrected chi connectivity index (χ4v) is 9.91. The highest BCUT2D eigenvalue weighted by molar-refractivity contribution is 5.70. The quantitative estimate of drug-likeness (QED) is 0.0375. The summed E-state index contributed by atoms with van der Waals surface area (Å²) in [5, 5.41) is 72.3. The maximum absolute atomic E-state index is 12.0. The van der Waals surface area contributed by atoms with Gasteiger partial charge in [0, 0.05) is 29.4 Å². The first-order chi connectivity index (χ1) is 35.0. The minimum atomic E-state index is -1.17. The van der Waals surface area contributed by atoms with E-state index in [0.717, 1.165) is 61.2 Å². The number of phenolic OH excluding ortho intramolecular Hbond substituents is 4. The first kappa shape index (κ1) is 53.4. The Morgan fingerprint density at radius 2 is 0.703 bits per heavy atom. The lowest BCUT2D eigenvalue weighted by Crippen LogP contribution is -2.15. The van der Waals surface area contributed by atoms with E-state index in [4.69, 9.17) is 14.2 Å². The maximum atomic E-state index is 12.0. The molecule has 0 radical (unpaired) electrons. The zero-order chi connectivity index (χ0) is 53.9. The molecule has 0 atom stereocenters. The maximum Gasteiger partial charge on any atom is 0.341 e. The van der Waals surface area contributed by atoms with Gasteiger partial charge in [0.1, 0.15) is 40.2 Å². The molecule has 0 spiro atoms. The average molecular weight is 1000 g/mol. The lowest BCUT2D eigenvalue weighted by atomic mass is 9.79. The van der Waals surface area contributed by atoms with Gasteiger partial charge in [0.2, 0.25) is 0 Å². The standard InChI is InChI=1S/C61H62O13/c1-31-19-50(62)35(5)15-44(31)59(45-16-36(6)51(63)20-32(45)2)48-26-40(10-12-54(48)72-28-56(66)67)23-42-14-39(9)61(74-30-58(70)71)43(25-42)24-41-11-13-55(73-29-57(68)69)49(27-41)60(46-17-37(7)52(64)21-33(46)3)47-18-38(8)53(65)22-34(47)4/h10-22,25-27,59-60,62-65H,23-24,28-30H2,1-9H3,(H,66,67)(H,68,69)(H,70,71). The van der Waals surface area contributed by atoms with E-state index in [2.05, 4.69) is 0 Å². The van der Waals surface area contributed by atoms with Crippen LogP contribution in [0.5, 0.6) is 40.2 Å². The molecule has 7 aromatic carbocycles. The number of aromatic hydroxyl groups is 4. The molecule has 0 saturated carbocycles. The number of aryl methyl sites for hydroxylation is 9. The van der Waals surface area contributed by atoms with Crippen molar-refractivity contribution in [3.05, 3.63) is 203 Å². The third-order valence-electron chi connectivity index (χ3n) is 13.6. The first-order valence-electron chi connectivity index (χ1n) is 24.1. The van der Waals surface area contributed by atoms with Crippen molar-refractivity contribution in [2.75, 3.05) is 19.8 Å². The van der Waals surface area contributed by atoms with Crippen molar-refractivity contribution in [2.24, 2.45) is 0 Å². The van der Waals surface area contributed by atoms with Crippen molar-refractivity contribution in [2.45, 2.75) is 87.0 Å². The molecule has 0 aliphatic rings. The minimum absolute atomic E-state index is 0.118. The first-order valence-corrected chi connectivity index (χ1v) is 24.1. The number of aliphatic carboxylic acids is 3. The Hall–Kier alpha value is -8.45. The molecule has 0 fully saturated rings. The Balaban J connectivity index is 1.39. The second kappa shape index (κ2) is 22.1. The van der Waals surface area contributed by atoms with Crippen molar-refractivity contribution in [3.8, 4) is 40.2 Å². The highest BCUT2D eigenvalue weighted by Crippen LogP contribution is 2.46. The number of carboxylic acids is 3. The Labute approximate surface area is 430 Å². The summed E-state index contributed by atoms with van der Waals surface area (Å²) in [5.41, 5.74) is 14.0. The summed E-state index contributed by atoms with van der Waals surface area (Å²) in [5.74, 6) is -3.07. The van der Waals surface area contributed by atoms with Crippen LogP contribution in [0, 0.1) is 62.3 Å². The summed E-state index contributed by atoms with van der Waals surface area (Å²) in [6, 6.07) is 29.4. The number of carboxylic acid groups (broad SMARTS) is 3. The van der Waals surface area contributed by atoms with E-state index in [0.29, 0.717) is 68.2 Å². The number of rotatable bonds is 19. The second-order valence-corrected chi connectivity index (χ2v) is 19.4. The van der Waals surface area contributed by atoms with Crippen LogP contribution in [0.1, 0.15) is 118 Å². The topological polar surface area (TPSA) is 221 Å². The molecule has 0 aromatic heterocycles. The van der Waals surface area contributed by atoms with E-state index in [1.807, 2.05) is 109 Å². The van der Waals surface area contributed by atoms with Gasteiger partial charge in [-0.1, -0.05) is 60.7 Å². The van der Waals surface area contributed by atoms with E-state index >= 15 is 0 Å². The Morgan fingerprint density at radius 3 is 1.05 bits per heavy atom. The number of hydrogen-bond donors (Lipinski definition) is 7. The van der Waals surface area contributed by atoms with E-state index in [1.165, 1.54) is 0 Å². The molecule has 7 N–H and O–H groups in total. The number of hydrogen-bond acceptors (Lipinski definition) is 10. The third kappa shape index (κ3) is 11.9. The molecule has 7 aromatic rings. The minimum Gasteiger partial charge on any atom is -0.508 e. The number of carbonyl (C=O) groups is 3. The second-order valence-electron chi connectivity index (χ2n) is 19.4. The molecule has 0 unspecified atom stereocenters. The number of benzene rings is 7. The summed E-state index contributed by atoms with van der Waals surface area (Å²) < 4.78 is 18.0. The number of ether oxygens (including phenoxy) is 3. The fourth-order valence-electron chi connectivity index (χ4n) is 9.91. The molecule has 0 amide bonds. The summed E-state index contributed by atoms with van der Waals surface area (Å²) in [7, 11) is 0. The Kier molecular flexibility index (Phi) is 16.0. The fraction of sp³-hybridized carbons (Fsp3) is 0.262. The predicted octanol–water partition coefficient (Wildman–Crippen LogP) is 11.2. The van der Waals surface area contributed by atoms with E-state index in [9.17, 15) is 50.1 Å². The van der Waals surface area contributed by atoms with Gasteiger partial charge in [-0.3, -0.25) is 0 Å². The monoisotopic (exact) mass is 1000 g/mol. The van der Waals surface area contributed by atoms with Crippen LogP contribution in [0.25, 0.3) is 0 Å². The van der Waals surface area contributed by atoms with Crippen molar-refractivity contribution < 1.29 is 64.3 Å². The van der Waals surface area contributed by atoms with Gasteiger partial charge in [-0.25, -0.2) is 14.4 Å². The number of phenols is 4. The normalized spacial score (nSPS) is 11.3. The van der Waals surface area contributed by atoms with Gasteiger partial charge in [-0.15, -0.1) is 0 Å². The van der Waals surface area contributed by atoms with Crippen LogP contribution in [0.4, 0.5) is 0 Å². The van der Waals surface area contributed by atoms with Crippen LogP contribution >= 0.6 is 0 Å². The van der Waals surface area contributed by atoms with Gasteiger partial charge in [-0.05, 0) is 200 Å². The van der Waals surface area contributed by atoms with Gasteiger partial charge in [0.05, 0.1) is 0 Å². The molecular formula is C61H62O13. The van der Waals surface area contributed by atoms with Gasteiger partial charge < -0.3 is 50.0 Å². The Bertz CT molecular complexity index is 3220. The zero-order valence-electron chi connectivity index (χ0n) is 43.0. The van der Waals surface area contributed by atoms with Crippen LogP contribution < -0.4 is 14.2 Å². The molecule has 0 bridgehead atoms. The lowest BCUT2D eigenvalue weighted by Gasteiger charge is -2.27. The van der Waals surface area contributed by atoms with Crippen LogP contribution in [-0.2, 0) is 27.2 Å². The molecular weight excluding hydrogens is 941 g/mol. The van der Waals surface area contributed by atoms with E-state index in [1.54, 1.807) is 50.2 Å². The summed E-state index contributed by atoms with van der Waals surface area (Å²) in [6.07, 6.45) is 0.597. The summed E-state index contributed by atoms with van der Waals surface area (Å²) in [4.78, 5) is 35.9.